The minimum absolute atomic E-state index is 0.472. The average molecular weight is 360 g/mol. The largest absolute Gasteiger partial charge is 0.481 e. The summed E-state index contributed by atoms with van der Waals surface area (Å²) in [6.07, 6.45) is 3.43. The lowest BCUT2D eigenvalue weighted by Crippen LogP contribution is -2.18. The Bertz CT molecular complexity index is 1010. The van der Waals surface area contributed by atoms with Gasteiger partial charge in [-0.1, -0.05) is 12.1 Å². The highest BCUT2D eigenvalue weighted by atomic mass is 32.2. The predicted octanol–water partition coefficient (Wildman–Crippen LogP) is 1.83. The quantitative estimate of drug-likeness (QED) is 0.745. The van der Waals surface area contributed by atoms with Gasteiger partial charge in [0.05, 0.1) is 22.4 Å². The number of nitrogens with one attached hydrogen (secondary N) is 1. The number of hydrogen-bond donors (Lipinski definition) is 1. The summed E-state index contributed by atoms with van der Waals surface area (Å²) in [4.78, 5) is 11.0. The second-order valence-corrected chi connectivity index (χ2v) is 8.11. The number of benzene rings is 1. The molecular formula is C16H20N6O2S. The van der Waals surface area contributed by atoms with Gasteiger partial charge in [0.15, 0.2) is 0 Å². The van der Waals surface area contributed by atoms with E-state index >= 15 is 0 Å². The van der Waals surface area contributed by atoms with E-state index in [0.29, 0.717) is 23.0 Å². The van der Waals surface area contributed by atoms with Gasteiger partial charge in [-0.15, -0.1) is 0 Å². The van der Waals surface area contributed by atoms with Crippen LogP contribution in [0.25, 0.3) is 5.78 Å². The molecule has 0 saturated carbocycles. The molecule has 3 aromatic rings. The molecule has 0 aliphatic rings. The number of anilines is 1. The Morgan fingerprint density at radius 1 is 1.28 bits per heavy atom. The van der Waals surface area contributed by atoms with Crippen molar-refractivity contribution in [3.8, 4) is 5.88 Å². The van der Waals surface area contributed by atoms with Gasteiger partial charge in [-0.3, -0.25) is 0 Å². The van der Waals surface area contributed by atoms with Gasteiger partial charge in [0.2, 0.25) is 5.88 Å². The van der Waals surface area contributed by atoms with Crippen molar-refractivity contribution in [2.45, 2.75) is 11.3 Å². The molecule has 25 heavy (non-hydrogen) atoms. The monoisotopic (exact) mass is 360 g/mol. The van der Waals surface area contributed by atoms with Crippen molar-refractivity contribution in [2.24, 2.45) is 0 Å². The smallest absolute Gasteiger partial charge is 0.257 e. The molecule has 0 spiro atoms. The molecule has 0 aliphatic heterocycles. The SMILES string of the molecule is COc1nc2ncnn2c(N(C)C)c1Cc1ccc([S@](C)(=N)=O)cc1. The molecule has 1 atom stereocenters. The highest BCUT2D eigenvalue weighted by Crippen LogP contribution is 2.29. The van der Waals surface area contributed by atoms with Crippen molar-refractivity contribution < 1.29 is 8.95 Å². The summed E-state index contributed by atoms with van der Waals surface area (Å²) >= 11 is 0. The minimum Gasteiger partial charge on any atom is -0.481 e. The first-order valence-corrected chi connectivity index (χ1v) is 9.54. The molecule has 0 fully saturated rings. The van der Waals surface area contributed by atoms with E-state index in [1.807, 2.05) is 31.1 Å². The third-order valence-electron chi connectivity index (χ3n) is 3.83. The number of aromatic nitrogens is 4. The Labute approximate surface area is 146 Å². The molecule has 9 heteroatoms. The van der Waals surface area contributed by atoms with Gasteiger partial charge < -0.3 is 9.64 Å². The van der Waals surface area contributed by atoms with Crippen molar-refractivity contribution in [3.05, 3.63) is 41.7 Å². The Hall–Kier alpha value is -2.68. The fourth-order valence-corrected chi connectivity index (χ4v) is 3.35. The van der Waals surface area contributed by atoms with Crippen molar-refractivity contribution in [1.82, 2.24) is 19.6 Å². The van der Waals surface area contributed by atoms with Crippen LogP contribution in [-0.2, 0) is 16.1 Å². The second kappa shape index (κ2) is 6.32. The van der Waals surface area contributed by atoms with Crippen LogP contribution in [0.5, 0.6) is 5.88 Å². The van der Waals surface area contributed by atoms with Gasteiger partial charge in [0.25, 0.3) is 5.78 Å². The van der Waals surface area contributed by atoms with Crippen LogP contribution in [0.15, 0.2) is 35.5 Å². The van der Waals surface area contributed by atoms with E-state index in [0.717, 1.165) is 16.9 Å². The van der Waals surface area contributed by atoms with Gasteiger partial charge in [-0.25, -0.2) is 8.99 Å². The molecule has 8 nitrogen and oxygen atoms in total. The molecule has 0 aliphatic carbocycles. The first-order valence-electron chi connectivity index (χ1n) is 7.58. The zero-order chi connectivity index (χ0) is 18.2. The van der Waals surface area contributed by atoms with Crippen LogP contribution in [0.3, 0.4) is 0 Å². The average Bonchev–Trinajstić information content (AvgIpc) is 3.01. The molecule has 132 valence electrons. The summed E-state index contributed by atoms with van der Waals surface area (Å²) in [6, 6.07) is 7.21. The third kappa shape index (κ3) is 3.27. The lowest BCUT2D eigenvalue weighted by molar-refractivity contribution is 0.393. The predicted molar refractivity (Wildman–Crippen MR) is 96.0 cm³/mol. The molecular weight excluding hydrogens is 340 g/mol. The van der Waals surface area contributed by atoms with Gasteiger partial charge in [-0.2, -0.15) is 19.6 Å². The Balaban J connectivity index is 2.10. The maximum absolute atomic E-state index is 11.8. The zero-order valence-electron chi connectivity index (χ0n) is 14.6. The van der Waals surface area contributed by atoms with Crippen molar-refractivity contribution in [3.63, 3.8) is 0 Å². The highest BCUT2D eigenvalue weighted by molar-refractivity contribution is 7.91. The fraction of sp³-hybridized carbons (Fsp3) is 0.312. The first kappa shape index (κ1) is 17.2. The molecule has 2 aromatic heterocycles. The summed E-state index contributed by atoms with van der Waals surface area (Å²) in [5, 5.41) is 4.25. The molecule has 1 N–H and O–H groups in total. The molecule has 0 saturated heterocycles. The van der Waals surface area contributed by atoms with Crippen molar-refractivity contribution in [1.29, 1.82) is 4.78 Å². The number of fused-ring (bicyclic) bond motifs is 1. The van der Waals surface area contributed by atoms with E-state index in [1.165, 1.54) is 12.6 Å². The summed E-state index contributed by atoms with van der Waals surface area (Å²) in [6.45, 7) is 0. The molecule has 1 aromatic carbocycles. The summed E-state index contributed by atoms with van der Waals surface area (Å²) in [7, 11) is 2.71. The number of ether oxygens (including phenoxy) is 1. The van der Waals surface area contributed by atoms with Gasteiger partial charge in [0, 0.05) is 31.7 Å². The maximum atomic E-state index is 11.8. The van der Waals surface area contributed by atoms with Gasteiger partial charge in [-0.05, 0) is 17.7 Å². The molecule has 0 bridgehead atoms. The van der Waals surface area contributed by atoms with Crippen LogP contribution in [-0.4, -0.2) is 51.3 Å². The van der Waals surface area contributed by atoms with E-state index in [-0.39, 0.29) is 0 Å². The lowest BCUT2D eigenvalue weighted by Gasteiger charge is -2.20. The first-order chi connectivity index (χ1) is 11.8. The van der Waals surface area contributed by atoms with Crippen LogP contribution in [0.2, 0.25) is 0 Å². The molecule has 3 rings (SSSR count). The van der Waals surface area contributed by atoms with Crippen LogP contribution in [0.1, 0.15) is 11.1 Å². The van der Waals surface area contributed by atoms with Crippen molar-refractivity contribution >= 4 is 21.3 Å². The number of hydrogen-bond acceptors (Lipinski definition) is 7. The van der Waals surface area contributed by atoms with Crippen LogP contribution in [0, 0.1) is 4.78 Å². The van der Waals surface area contributed by atoms with Crippen LogP contribution in [0.4, 0.5) is 5.82 Å². The highest BCUT2D eigenvalue weighted by Gasteiger charge is 2.19. The Morgan fingerprint density at radius 3 is 2.52 bits per heavy atom. The summed E-state index contributed by atoms with van der Waals surface area (Å²) in [5.41, 5.74) is 1.87. The number of rotatable bonds is 5. The van der Waals surface area contributed by atoms with E-state index in [1.54, 1.807) is 23.8 Å². The summed E-state index contributed by atoms with van der Waals surface area (Å²) in [5.74, 6) is 1.80. The number of nitrogens with zero attached hydrogens (tertiary/aromatic N) is 5. The minimum atomic E-state index is -2.72. The third-order valence-corrected chi connectivity index (χ3v) is 5.00. The lowest BCUT2D eigenvalue weighted by atomic mass is 10.1. The standard InChI is InChI=1S/C16H20N6O2S/c1-21(2)15-13(14(24-3)20-16-18-10-19-22(15)16)9-11-5-7-12(8-6-11)25(4,17)23/h5-8,10,17H,9H2,1-4H3/t25-/m1/s1. The van der Waals surface area contributed by atoms with Crippen LogP contribution < -0.4 is 9.64 Å². The maximum Gasteiger partial charge on any atom is 0.257 e. The van der Waals surface area contributed by atoms with E-state index in [4.69, 9.17) is 9.52 Å². The topological polar surface area (TPSA) is 96.5 Å². The van der Waals surface area contributed by atoms with Crippen molar-refractivity contribution in [2.75, 3.05) is 32.4 Å². The van der Waals surface area contributed by atoms with Gasteiger partial charge >= 0.3 is 0 Å². The molecule has 0 amide bonds. The van der Waals surface area contributed by atoms with E-state index in [2.05, 4.69) is 15.1 Å². The fourth-order valence-electron chi connectivity index (χ4n) is 2.70. The Kier molecular flexibility index (Phi) is 4.34. The number of methoxy groups -OCH3 is 1. The molecule has 0 unspecified atom stereocenters. The zero-order valence-corrected chi connectivity index (χ0v) is 15.4. The van der Waals surface area contributed by atoms with Crippen LogP contribution >= 0.6 is 0 Å². The van der Waals surface area contributed by atoms with E-state index < -0.39 is 9.73 Å². The molecule has 0 radical (unpaired) electrons. The van der Waals surface area contributed by atoms with E-state index in [9.17, 15) is 4.21 Å². The van der Waals surface area contributed by atoms with Gasteiger partial charge in [0.1, 0.15) is 12.1 Å². The normalized spacial score (nSPS) is 13.6. The summed E-state index contributed by atoms with van der Waals surface area (Å²) < 4.78 is 26.6. The second-order valence-electron chi connectivity index (χ2n) is 5.95. The molecule has 2 heterocycles. The Morgan fingerprint density at radius 2 is 1.96 bits per heavy atom.